The lowest BCUT2D eigenvalue weighted by molar-refractivity contribution is -0.125. The van der Waals surface area contributed by atoms with Gasteiger partial charge in [0.05, 0.1) is 18.2 Å². The fraction of sp³-hybridized carbons (Fsp3) is 0.727. The minimum Gasteiger partial charge on any atom is -0.389 e. The van der Waals surface area contributed by atoms with Gasteiger partial charge in [-0.25, -0.2) is 0 Å². The third kappa shape index (κ3) is 3.22. The SMILES string of the molecule is C#CCNC(=O)C(C)N1CCC(C)(O)C1. The summed E-state index contributed by atoms with van der Waals surface area (Å²) in [6, 6.07) is -0.229. The van der Waals surface area contributed by atoms with Crippen LogP contribution < -0.4 is 5.32 Å². The van der Waals surface area contributed by atoms with Crippen molar-refractivity contribution in [2.24, 2.45) is 0 Å². The molecule has 1 amide bonds. The van der Waals surface area contributed by atoms with Crippen LogP contribution in [0.15, 0.2) is 0 Å². The summed E-state index contributed by atoms with van der Waals surface area (Å²) in [5, 5.41) is 12.4. The molecule has 4 nitrogen and oxygen atoms in total. The molecule has 2 unspecified atom stereocenters. The monoisotopic (exact) mass is 210 g/mol. The Morgan fingerprint density at radius 1 is 1.80 bits per heavy atom. The lowest BCUT2D eigenvalue weighted by Crippen LogP contribution is -2.45. The van der Waals surface area contributed by atoms with Gasteiger partial charge in [0.1, 0.15) is 0 Å². The Balaban J connectivity index is 2.45. The van der Waals surface area contributed by atoms with Gasteiger partial charge in [0.15, 0.2) is 0 Å². The van der Waals surface area contributed by atoms with Gasteiger partial charge >= 0.3 is 0 Å². The van der Waals surface area contributed by atoms with Gasteiger partial charge in [-0.1, -0.05) is 5.92 Å². The largest absolute Gasteiger partial charge is 0.389 e. The molecule has 0 radical (unpaired) electrons. The Hall–Kier alpha value is -1.05. The zero-order valence-corrected chi connectivity index (χ0v) is 9.29. The maximum absolute atomic E-state index is 11.6. The highest BCUT2D eigenvalue weighted by Gasteiger charge is 2.35. The second kappa shape index (κ2) is 4.65. The standard InChI is InChI=1S/C11H18N2O2/c1-4-6-12-10(14)9(2)13-7-5-11(3,15)8-13/h1,9,15H,5-8H2,2-3H3,(H,12,14). The number of hydrogen-bond acceptors (Lipinski definition) is 3. The van der Waals surface area contributed by atoms with Crippen molar-refractivity contribution in [2.75, 3.05) is 19.6 Å². The lowest BCUT2D eigenvalue weighted by atomic mass is 10.1. The average molecular weight is 210 g/mol. The number of carbonyl (C=O) groups excluding carboxylic acids is 1. The molecule has 1 saturated heterocycles. The van der Waals surface area contributed by atoms with Crippen LogP contribution in [0.5, 0.6) is 0 Å². The number of terminal acetylenes is 1. The van der Waals surface area contributed by atoms with Gasteiger partial charge in [0.25, 0.3) is 0 Å². The van der Waals surface area contributed by atoms with Crippen LogP contribution >= 0.6 is 0 Å². The molecule has 15 heavy (non-hydrogen) atoms. The molecule has 0 aromatic heterocycles. The van der Waals surface area contributed by atoms with Crippen molar-refractivity contribution in [1.82, 2.24) is 10.2 Å². The van der Waals surface area contributed by atoms with E-state index in [9.17, 15) is 9.90 Å². The third-order valence-corrected chi connectivity index (χ3v) is 2.77. The molecule has 1 aliphatic heterocycles. The molecular formula is C11H18N2O2. The summed E-state index contributed by atoms with van der Waals surface area (Å²) in [4.78, 5) is 13.5. The van der Waals surface area contributed by atoms with Crippen LogP contribution in [-0.2, 0) is 4.79 Å². The van der Waals surface area contributed by atoms with E-state index in [0.29, 0.717) is 13.0 Å². The second-order valence-electron chi connectivity index (χ2n) is 4.32. The van der Waals surface area contributed by atoms with Gasteiger partial charge < -0.3 is 10.4 Å². The summed E-state index contributed by atoms with van der Waals surface area (Å²) < 4.78 is 0. The van der Waals surface area contributed by atoms with Crippen LogP contribution in [0.4, 0.5) is 0 Å². The number of hydrogen-bond donors (Lipinski definition) is 2. The van der Waals surface area contributed by atoms with Crippen LogP contribution in [-0.4, -0.2) is 47.2 Å². The minimum atomic E-state index is -0.666. The maximum atomic E-state index is 11.6. The van der Waals surface area contributed by atoms with Gasteiger partial charge in [0, 0.05) is 13.1 Å². The van der Waals surface area contributed by atoms with Crippen LogP contribution in [0, 0.1) is 12.3 Å². The van der Waals surface area contributed by atoms with Gasteiger partial charge in [-0.3, -0.25) is 9.69 Å². The van der Waals surface area contributed by atoms with E-state index < -0.39 is 5.60 Å². The smallest absolute Gasteiger partial charge is 0.237 e. The van der Waals surface area contributed by atoms with E-state index in [2.05, 4.69) is 11.2 Å². The normalized spacial score (nSPS) is 28.4. The summed E-state index contributed by atoms with van der Waals surface area (Å²) in [5.41, 5.74) is -0.666. The first-order valence-corrected chi connectivity index (χ1v) is 5.14. The van der Waals surface area contributed by atoms with Crippen LogP contribution in [0.2, 0.25) is 0 Å². The van der Waals surface area contributed by atoms with Crippen molar-refractivity contribution < 1.29 is 9.90 Å². The number of likely N-dealkylation sites (tertiary alicyclic amines) is 1. The van der Waals surface area contributed by atoms with Crippen molar-refractivity contribution in [3.05, 3.63) is 0 Å². The number of carbonyl (C=O) groups is 1. The molecule has 2 N–H and O–H groups in total. The van der Waals surface area contributed by atoms with E-state index in [1.54, 1.807) is 6.92 Å². The van der Waals surface area contributed by atoms with E-state index in [-0.39, 0.29) is 18.5 Å². The van der Waals surface area contributed by atoms with Gasteiger partial charge in [-0.05, 0) is 20.3 Å². The summed E-state index contributed by atoms with van der Waals surface area (Å²) in [7, 11) is 0. The number of nitrogens with one attached hydrogen (secondary N) is 1. The fourth-order valence-corrected chi connectivity index (χ4v) is 1.76. The van der Waals surface area contributed by atoms with E-state index in [4.69, 9.17) is 6.42 Å². The molecule has 1 heterocycles. The van der Waals surface area contributed by atoms with Crippen LogP contribution in [0.25, 0.3) is 0 Å². The van der Waals surface area contributed by atoms with Crippen molar-refractivity contribution in [2.45, 2.75) is 31.9 Å². The molecule has 84 valence electrons. The van der Waals surface area contributed by atoms with Gasteiger partial charge in [-0.15, -0.1) is 6.42 Å². The first-order valence-electron chi connectivity index (χ1n) is 5.14. The van der Waals surface area contributed by atoms with E-state index in [1.807, 2.05) is 11.8 Å². The topological polar surface area (TPSA) is 52.6 Å². The third-order valence-electron chi connectivity index (χ3n) is 2.77. The summed E-state index contributed by atoms with van der Waals surface area (Å²) in [6.07, 6.45) is 5.76. The molecule has 0 spiro atoms. The Morgan fingerprint density at radius 3 is 2.93 bits per heavy atom. The second-order valence-corrected chi connectivity index (χ2v) is 4.32. The lowest BCUT2D eigenvalue weighted by Gasteiger charge is -2.24. The molecule has 0 bridgehead atoms. The predicted octanol–water partition coefficient (Wildman–Crippen LogP) is -0.419. The Labute approximate surface area is 90.6 Å². The van der Waals surface area contributed by atoms with Crippen molar-refractivity contribution in [1.29, 1.82) is 0 Å². The molecular weight excluding hydrogens is 192 g/mol. The number of nitrogens with zero attached hydrogens (tertiary/aromatic N) is 1. The summed E-state index contributed by atoms with van der Waals surface area (Å²) >= 11 is 0. The highest BCUT2D eigenvalue weighted by Crippen LogP contribution is 2.21. The van der Waals surface area contributed by atoms with E-state index >= 15 is 0 Å². The van der Waals surface area contributed by atoms with Crippen LogP contribution in [0.1, 0.15) is 20.3 Å². The molecule has 1 rings (SSSR count). The van der Waals surface area contributed by atoms with Gasteiger partial charge in [-0.2, -0.15) is 0 Å². The molecule has 0 saturated carbocycles. The highest BCUT2D eigenvalue weighted by atomic mass is 16.3. The number of aliphatic hydroxyl groups is 1. The van der Waals surface area contributed by atoms with Crippen molar-refractivity contribution in [3.8, 4) is 12.3 Å². The average Bonchev–Trinajstić information content (AvgIpc) is 2.54. The number of rotatable bonds is 3. The predicted molar refractivity (Wildman–Crippen MR) is 58.1 cm³/mol. The Bertz CT molecular complexity index is 281. The van der Waals surface area contributed by atoms with E-state index in [0.717, 1.165) is 6.54 Å². The molecule has 1 aliphatic rings. The number of β-amino-alcohol motifs (C(OH)–C–C–N with tert-alkyl or cyclic N) is 1. The fourth-order valence-electron chi connectivity index (χ4n) is 1.76. The van der Waals surface area contributed by atoms with Crippen molar-refractivity contribution in [3.63, 3.8) is 0 Å². The molecule has 0 aromatic rings. The highest BCUT2D eigenvalue weighted by molar-refractivity contribution is 5.81. The molecule has 4 heteroatoms. The number of amides is 1. The van der Waals surface area contributed by atoms with Crippen LogP contribution in [0.3, 0.4) is 0 Å². The minimum absolute atomic E-state index is 0.0781. The quantitative estimate of drug-likeness (QED) is 0.622. The van der Waals surface area contributed by atoms with Gasteiger partial charge in [0.2, 0.25) is 5.91 Å². The maximum Gasteiger partial charge on any atom is 0.237 e. The van der Waals surface area contributed by atoms with Crippen molar-refractivity contribution >= 4 is 5.91 Å². The van der Waals surface area contributed by atoms with E-state index in [1.165, 1.54) is 0 Å². The zero-order chi connectivity index (χ0) is 11.5. The summed E-state index contributed by atoms with van der Waals surface area (Å²) in [5.74, 6) is 2.28. The zero-order valence-electron chi connectivity index (χ0n) is 9.29. The molecule has 0 aliphatic carbocycles. The molecule has 0 aromatic carbocycles. The molecule has 2 atom stereocenters. The summed E-state index contributed by atoms with van der Waals surface area (Å²) in [6.45, 7) is 5.16. The Morgan fingerprint density at radius 2 is 2.47 bits per heavy atom. The Kier molecular flexibility index (Phi) is 3.72. The first kappa shape index (κ1) is 12.0. The first-order chi connectivity index (χ1) is 6.96. The molecule has 1 fully saturated rings.